The molecule has 3 aromatic heterocycles. The van der Waals surface area contributed by atoms with Crippen LogP contribution in [0.1, 0.15) is 24.0 Å². The van der Waals surface area contributed by atoms with E-state index in [1.165, 1.54) is 5.56 Å². The lowest BCUT2D eigenvalue weighted by molar-refractivity contribution is 0.653. The first-order valence-corrected chi connectivity index (χ1v) is 6.78. The number of pyridine rings is 1. The van der Waals surface area contributed by atoms with Gasteiger partial charge in [-0.25, -0.2) is 0 Å². The van der Waals surface area contributed by atoms with Crippen LogP contribution in [0.2, 0.25) is 0 Å². The number of nitrogens with one attached hydrogen (secondary N) is 1. The summed E-state index contributed by atoms with van der Waals surface area (Å²) in [6, 6.07) is 5.90. The maximum Gasteiger partial charge on any atom is 0.160 e. The molecule has 3 heterocycles. The third kappa shape index (κ3) is 2.42. The van der Waals surface area contributed by atoms with Gasteiger partial charge in [0, 0.05) is 31.5 Å². The molecule has 0 aliphatic heterocycles. The van der Waals surface area contributed by atoms with Crippen LogP contribution in [-0.2, 0) is 26.6 Å². The molecule has 20 heavy (non-hydrogen) atoms. The number of hydrogen-bond acceptors (Lipinski definition) is 4. The smallest absolute Gasteiger partial charge is 0.160 e. The van der Waals surface area contributed by atoms with E-state index in [1.807, 2.05) is 40.5 Å². The fourth-order valence-electron chi connectivity index (χ4n) is 2.35. The zero-order chi connectivity index (χ0) is 13.9. The molecule has 0 amide bonds. The summed E-state index contributed by atoms with van der Waals surface area (Å²) in [7, 11) is 1.95. The van der Waals surface area contributed by atoms with Gasteiger partial charge in [-0.15, -0.1) is 10.2 Å². The van der Waals surface area contributed by atoms with Crippen molar-refractivity contribution < 1.29 is 0 Å². The van der Waals surface area contributed by atoms with Gasteiger partial charge in [0.1, 0.15) is 0 Å². The van der Waals surface area contributed by atoms with Gasteiger partial charge in [0.2, 0.25) is 0 Å². The first-order valence-electron chi connectivity index (χ1n) is 6.78. The Balaban J connectivity index is 1.68. The molecule has 0 aromatic carbocycles. The topological polar surface area (TPSA) is 60.0 Å². The van der Waals surface area contributed by atoms with Gasteiger partial charge in [0.15, 0.2) is 11.5 Å². The van der Waals surface area contributed by atoms with Crippen molar-refractivity contribution in [3.63, 3.8) is 0 Å². The van der Waals surface area contributed by atoms with Crippen molar-refractivity contribution in [2.45, 2.75) is 26.4 Å². The van der Waals surface area contributed by atoms with Gasteiger partial charge >= 0.3 is 0 Å². The third-order valence-electron chi connectivity index (χ3n) is 3.31. The Morgan fingerprint density at radius 2 is 2.10 bits per heavy atom. The second kappa shape index (κ2) is 5.42. The van der Waals surface area contributed by atoms with E-state index in [0.717, 1.165) is 30.1 Å². The van der Waals surface area contributed by atoms with Gasteiger partial charge in [0.05, 0.1) is 12.2 Å². The minimum absolute atomic E-state index is 0.684. The quantitative estimate of drug-likeness (QED) is 0.759. The molecule has 0 aliphatic carbocycles. The second-order valence-corrected chi connectivity index (χ2v) is 4.78. The van der Waals surface area contributed by atoms with Crippen LogP contribution in [0.5, 0.6) is 0 Å². The van der Waals surface area contributed by atoms with E-state index in [9.17, 15) is 0 Å². The highest BCUT2D eigenvalue weighted by atomic mass is 15.3. The van der Waals surface area contributed by atoms with Crippen LogP contribution in [0.3, 0.4) is 0 Å². The number of aromatic nitrogens is 5. The molecular formula is C14H18N6. The van der Waals surface area contributed by atoms with Crippen LogP contribution < -0.4 is 5.32 Å². The Labute approximate surface area is 117 Å². The molecule has 104 valence electrons. The van der Waals surface area contributed by atoms with E-state index in [-0.39, 0.29) is 0 Å². The lowest BCUT2D eigenvalue weighted by Crippen LogP contribution is -2.15. The number of hydrogen-bond donors (Lipinski definition) is 1. The van der Waals surface area contributed by atoms with Crippen LogP contribution >= 0.6 is 0 Å². The number of fused-ring (bicyclic) bond motifs is 1. The predicted octanol–water partition coefficient (Wildman–Crippen LogP) is 1.31. The van der Waals surface area contributed by atoms with E-state index in [2.05, 4.69) is 33.7 Å². The van der Waals surface area contributed by atoms with Crippen molar-refractivity contribution >= 4 is 5.65 Å². The maximum atomic E-state index is 4.44. The fraction of sp³-hybridized carbons (Fsp3) is 0.357. The highest BCUT2D eigenvalue weighted by molar-refractivity contribution is 5.36. The standard InChI is InChI=1S/C14H18N6/c1-3-12-11(10-19(2)18-12)8-15-9-14-17-16-13-6-4-5-7-20(13)14/h4-7,10,15H,3,8-9H2,1-2H3. The molecule has 0 saturated carbocycles. The molecule has 0 fully saturated rings. The lowest BCUT2D eigenvalue weighted by atomic mass is 10.2. The number of nitrogens with zero attached hydrogens (tertiary/aromatic N) is 5. The van der Waals surface area contributed by atoms with Crippen LogP contribution in [-0.4, -0.2) is 24.4 Å². The van der Waals surface area contributed by atoms with Crippen molar-refractivity contribution in [2.24, 2.45) is 7.05 Å². The van der Waals surface area contributed by atoms with Crippen molar-refractivity contribution in [1.29, 1.82) is 0 Å². The van der Waals surface area contributed by atoms with E-state index in [4.69, 9.17) is 0 Å². The summed E-state index contributed by atoms with van der Waals surface area (Å²) in [5.74, 6) is 0.919. The normalized spacial score (nSPS) is 11.3. The van der Waals surface area contributed by atoms with Crippen molar-refractivity contribution in [2.75, 3.05) is 0 Å². The minimum atomic E-state index is 0.684. The van der Waals surface area contributed by atoms with Crippen LogP contribution in [0.25, 0.3) is 5.65 Å². The molecule has 0 radical (unpaired) electrons. The molecule has 0 saturated heterocycles. The summed E-state index contributed by atoms with van der Waals surface area (Å²) in [5.41, 5.74) is 3.26. The Kier molecular flexibility index (Phi) is 3.47. The summed E-state index contributed by atoms with van der Waals surface area (Å²) in [5, 5.41) is 16.2. The average Bonchev–Trinajstić information content (AvgIpc) is 3.03. The molecule has 0 aliphatic rings. The predicted molar refractivity (Wildman–Crippen MR) is 76.1 cm³/mol. The zero-order valence-corrected chi connectivity index (χ0v) is 11.7. The molecule has 1 N–H and O–H groups in total. The van der Waals surface area contributed by atoms with Crippen molar-refractivity contribution in [3.8, 4) is 0 Å². The minimum Gasteiger partial charge on any atom is -0.306 e. The van der Waals surface area contributed by atoms with Gasteiger partial charge in [-0.1, -0.05) is 13.0 Å². The second-order valence-electron chi connectivity index (χ2n) is 4.78. The molecule has 0 bridgehead atoms. The highest BCUT2D eigenvalue weighted by Crippen LogP contribution is 2.07. The Hall–Kier alpha value is -2.21. The Bertz CT molecular complexity index is 711. The molecule has 0 atom stereocenters. The van der Waals surface area contributed by atoms with Gasteiger partial charge < -0.3 is 5.32 Å². The summed E-state index contributed by atoms with van der Waals surface area (Å²) in [6.07, 6.45) is 4.99. The SMILES string of the molecule is CCc1nn(C)cc1CNCc1nnc2ccccn12. The zero-order valence-electron chi connectivity index (χ0n) is 11.7. The summed E-state index contributed by atoms with van der Waals surface area (Å²) in [4.78, 5) is 0. The molecule has 0 spiro atoms. The van der Waals surface area contributed by atoms with Gasteiger partial charge in [-0.2, -0.15) is 5.10 Å². The van der Waals surface area contributed by atoms with E-state index in [0.29, 0.717) is 6.54 Å². The number of rotatable bonds is 5. The fourth-order valence-corrected chi connectivity index (χ4v) is 2.35. The van der Waals surface area contributed by atoms with Gasteiger partial charge in [-0.05, 0) is 18.6 Å². The van der Waals surface area contributed by atoms with Gasteiger partial charge in [-0.3, -0.25) is 9.08 Å². The van der Waals surface area contributed by atoms with Crippen LogP contribution in [0.4, 0.5) is 0 Å². The molecule has 3 rings (SSSR count). The summed E-state index contributed by atoms with van der Waals surface area (Å²) in [6.45, 7) is 3.60. The highest BCUT2D eigenvalue weighted by Gasteiger charge is 2.07. The first kappa shape index (κ1) is 12.8. The summed E-state index contributed by atoms with van der Waals surface area (Å²) >= 11 is 0. The van der Waals surface area contributed by atoms with Crippen molar-refractivity contribution in [1.82, 2.24) is 29.7 Å². The molecule has 3 aromatic rings. The van der Waals surface area contributed by atoms with Crippen LogP contribution in [0.15, 0.2) is 30.6 Å². The van der Waals surface area contributed by atoms with Crippen molar-refractivity contribution in [3.05, 3.63) is 47.7 Å². The van der Waals surface area contributed by atoms with E-state index in [1.54, 1.807) is 0 Å². The molecule has 0 unspecified atom stereocenters. The van der Waals surface area contributed by atoms with Gasteiger partial charge in [0.25, 0.3) is 0 Å². The van der Waals surface area contributed by atoms with E-state index < -0.39 is 0 Å². The first-order chi connectivity index (χ1) is 9.78. The maximum absolute atomic E-state index is 4.44. The summed E-state index contributed by atoms with van der Waals surface area (Å²) < 4.78 is 3.86. The van der Waals surface area contributed by atoms with Crippen LogP contribution in [0, 0.1) is 0 Å². The Morgan fingerprint density at radius 1 is 1.20 bits per heavy atom. The number of aryl methyl sites for hydroxylation is 2. The monoisotopic (exact) mass is 270 g/mol. The largest absolute Gasteiger partial charge is 0.306 e. The third-order valence-corrected chi connectivity index (χ3v) is 3.31. The van der Waals surface area contributed by atoms with E-state index >= 15 is 0 Å². The molecule has 6 nitrogen and oxygen atoms in total. The lowest BCUT2D eigenvalue weighted by Gasteiger charge is -2.03. The Morgan fingerprint density at radius 3 is 2.95 bits per heavy atom. The average molecular weight is 270 g/mol. The molecule has 6 heteroatoms. The molecular weight excluding hydrogens is 252 g/mol.